The zero-order valence-corrected chi connectivity index (χ0v) is 28.4. The van der Waals surface area contributed by atoms with Gasteiger partial charge in [0.15, 0.2) is 0 Å². The molecule has 264 valence electrons. The fraction of sp³-hybridized carbons (Fsp3) is 0.382. The Bertz CT molecular complexity index is 2250. The first-order valence-electron chi connectivity index (χ1n) is 16.8. The molecule has 7 heterocycles. The minimum Gasteiger partial charge on any atom is -0.367 e. The van der Waals surface area contributed by atoms with Crippen LogP contribution in [0.3, 0.4) is 0 Å². The number of hydrogen-bond donors (Lipinski definition) is 3. The van der Waals surface area contributed by atoms with Crippen molar-refractivity contribution in [3.8, 4) is 0 Å². The number of fused-ring (bicyclic) bond motifs is 2. The maximum atomic E-state index is 15.3. The molecule has 16 nitrogen and oxygen atoms in total. The van der Waals surface area contributed by atoms with E-state index >= 15 is 4.39 Å². The van der Waals surface area contributed by atoms with Crippen LogP contribution < -0.4 is 26.1 Å². The molecule has 17 heteroatoms. The maximum Gasteiger partial charge on any atom is 0.329 e. The first-order chi connectivity index (χ1) is 24.5. The Labute approximate surface area is 290 Å². The van der Waals surface area contributed by atoms with Crippen molar-refractivity contribution in [2.45, 2.75) is 24.9 Å². The molecule has 0 saturated carbocycles. The van der Waals surface area contributed by atoms with Gasteiger partial charge in [-0.05, 0) is 36.8 Å². The van der Waals surface area contributed by atoms with Crippen LogP contribution in [0.15, 0.2) is 47.5 Å². The molecule has 3 N–H and O–H groups in total. The first kappa shape index (κ1) is 32.4. The van der Waals surface area contributed by atoms with Crippen molar-refractivity contribution in [3.63, 3.8) is 0 Å². The second kappa shape index (κ2) is 12.5. The average Bonchev–Trinajstić information content (AvgIpc) is 3.64. The number of aromatic amines is 1. The third-order valence-corrected chi connectivity index (χ3v) is 10.1. The van der Waals surface area contributed by atoms with Crippen LogP contribution in [0.1, 0.15) is 29.4 Å². The van der Waals surface area contributed by atoms with E-state index in [4.69, 9.17) is 0 Å². The number of H-pyrrole nitrogens is 1. The van der Waals surface area contributed by atoms with Gasteiger partial charge < -0.3 is 25.0 Å². The lowest BCUT2D eigenvalue weighted by Crippen LogP contribution is -2.63. The molecule has 1 unspecified atom stereocenters. The molecule has 3 aliphatic rings. The number of pyridine rings is 1. The van der Waals surface area contributed by atoms with Crippen molar-refractivity contribution < 1.29 is 18.8 Å². The average molecular weight is 697 g/mol. The molecule has 4 aromatic heterocycles. The number of piperazine rings is 1. The second-order valence-electron chi connectivity index (χ2n) is 13.4. The lowest BCUT2D eigenvalue weighted by atomic mass is 10.0. The minimum absolute atomic E-state index is 0.0856. The Hall–Kier alpha value is -5.84. The molecule has 5 aromatic rings. The summed E-state index contributed by atoms with van der Waals surface area (Å²) in [7, 11) is 4.98. The van der Waals surface area contributed by atoms with Gasteiger partial charge in [0.2, 0.25) is 17.8 Å². The number of rotatable bonds is 7. The van der Waals surface area contributed by atoms with Crippen molar-refractivity contribution in [3.05, 3.63) is 64.7 Å². The maximum absolute atomic E-state index is 15.3. The van der Waals surface area contributed by atoms with Gasteiger partial charge in [0.25, 0.3) is 5.91 Å². The molecular formula is C34H37FN12O4. The number of aromatic nitrogens is 6. The normalized spacial score (nSPS) is 18.7. The summed E-state index contributed by atoms with van der Waals surface area (Å²) in [6.07, 6.45) is 3.71. The van der Waals surface area contributed by atoms with Crippen LogP contribution in [0.5, 0.6) is 0 Å². The lowest BCUT2D eigenvalue weighted by molar-refractivity contribution is -0.135. The number of benzene rings is 1. The Morgan fingerprint density at radius 3 is 2.47 bits per heavy atom. The minimum atomic E-state index is -0.950. The van der Waals surface area contributed by atoms with Gasteiger partial charge in [0.1, 0.15) is 34.5 Å². The number of piperidine rings is 1. The number of anilines is 4. The quantitative estimate of drug-likeness (QED) is 0.211. The van der Waals surface area contributed by atoms with Crippen molar-refractivity contribution in [1.29, 1.82) is 0 Å². The number of nitrogens with one attached hydrogen (secondary N) is 3. The SMILES string of the molecule is CN(C)C(=O)c1cc2cnc(Nc3ccc(N4CC(N5CCN(c6ccc(F)c7c6n(C)c(=O)n7C6CCC(=O)NC6=O)CC5)C4)cn3)nc2[nH]1. The first-order valence-corrected chi connectivity index (χ1v) is 16.8. The Kier molecular flexibility index (Phi) is 7.93. The summed E-state index contributed by atoms with van der Waals surface area (Å²) in [5, 5.41) is 6.15. The van der Waals surface area contributed by atoms with Crippen LogP contribution in [0, 0.1) is 5.82 Å². The van der Waals surface area contributed by atoms with Gasteiger partial charge in [-0.25, -0.2) is 19.2 Å². The number of halogens is 1. The number of carbonyl (C=O) groups is 3. The van der Waals surface area contributed by atoms with Gasteiger partial charge in [-0.15, -0.1) is 0 Å². The third kappa shape index (κ3) is 5.72. The summed E-state index contributed by atoms with van der Waals surface area (Å²) in [5.41, 5.74) is 2.80. The molecule has 3 amide bonds. The Morgan fingerprint density at radius 2 is 1.76 bits per heavy atom. The van der Waals surface area contributed by atoms with Gasteiger partial charge in [-0.1, -0.05) is 0 Å². The van der Waals surface area contributed by atoms with Crippen molar-refractivity contribution in [2.24, 2.45) is 7.05 Å². The van der Waals surface area contributed by atoms with Crippen molar-refractivity contribution in [1.82, 2.24) is 44.2 Å². The summed E-state index contributed by atoms with van der Waals surface area (Å²) in [6.45, 7) is 4.71. The summed E-state index contributed by atoms with van der Waals surface area (Å²) in [6, 6.07) is 8.10. The smallest absolute Gasteiger partial charge is 0.329 e. The standard InChI is InChI=1S/C34H37FN12O4/c1-42(2)32(50)23-14-19-15-37-33(41-30(19)38-23)39-26-8-4-20(16-36-26)46-17-21(18-46)44-10-12-45(13-11-44)24-6-5-22(35)28-29(24)43(3)34(51)47(28)25-7-9-27(48)40-31(25)49/h4-6,8,14-16,21,25H,7,9-13,17-18H2,1-3H3,(H,40,48,49)(H2,36,37,38,39,41). The van der Waals surface area contributed by atoms with Crippen LogP contribution in [0.2, 0.25) is 0 Å². The highest BCUT2D eigenvalue weighted by Crippen LogP contribution is 2.33. The highest BCUT2D eigenvalue weighted by atomic mass is 19.1. The van der Waals surface area contributed by atoms with E-state index in [1.807, 2.05) is 18.3 Å². The van der Waals surface area contributed by atoms with E-state index in [1.54, 1.807) is 39.5 Å². The zero-order chi connectivity index (χ0) is 35.6. The van der Waals surface area contributed by atoms with Crippen LogP contribution >= 0.6 is 0 Å². The molecular weight excluding hydrogens is 659 g/mol. The second-order valence-corrected chi connectivity index (χ2v) is 13.4. The third-order valence-electron chi connectivity index (χ3n) is 10.1. The van der Waals surface area contributed by atoms with Gasteiger partial charge in [0.05, 0.1) is 23.1 Å². The van der Waals surface area contributed by atoms with Gasteiger partial charge in [-0.3, -0.25) is 33.7 Å². The monoisotopic (exact) mass is 696 g/mol. The van der Waals surface area contributed by atoms with E-state index in [-0.39, 0.29) is 24.3 Å². The number of imidazole rings is 1. The molecule has 0 radical (unpaired) electrons. The van der Waals surface area contributed by atoms with Crippen LogP contribution in [-0.4, -0.2) is 116 Å². The van der Waals surface area contributed by atoms with Crippen LogP contribution in [0.25, 0.3) is 22.1 Å². The molecule has 1 aromatic carbocycles. The van der Waals surface area contributed by atoms with Crippen molar-refractivity contribution in [2.75, 3.05) is 68.5 Å². The molecule has 3 saturated heterocycles. The molecule has 51 heavy (non-hydrogen) atoms. The summed E-state index contributed by atoms with van der Waals surface area (Å²) in [5.74, 6) is -0.741. The van der Waals surface area contributed by atoms with Crippen LogP contribution in [0.4, 0.5) is 27.5 Å². The molecule has 0 bridgehead atoms. The molecule has 0 aliphatic carbocycles. The van der Waals surface area contributed by atoms with Crippen LogP contribution in [-0.2, 0) is 16.6 Å². The lowest BCUT2D eigenvalue weighted by Gasteiger charge is -2.49. The topological polar surface area (TPSA) is 170 Å². The summed E-state index contributed by atoms with van der Waals surface area (Å²) < 4.78 is 17.9. The number of imide groups is 1. The number of aryl methyl sites for hydroxylation is 1. The fourth-order valence-corrected chi connectivity index (χ4v) is 7.25. The summed E-state index contributed by atoms with van der Waals surface area (Å²) >= 11 is 0. The van der Waals surface area contributed by atoms with E-state index in [1.165, 1.54) is 20.1 Å². The fourth-order valence-electron chi connectivity index (χ4n) is 7.25. The predicted octanol–water partition coefficient (Wildman–Crippen LogP) is 1.58. The Morgan fingerprint density at radius 1 is 0.980 bits per heavy atom. The number of hydrogen-bond acceptors (Lipinski definition) is 11. The Balaban J connectivity index is 0.886. The number of nitrogens with zero attached hydrogens (tertiary/aromatic N) is 9. The van der Waals surface area contributed by atoms with E-state index in [2.05, 4.69) is 45.3 Å². The van der Waals surface area contributed by atoms with Gasteiger partial charge in [-0.2, -0.15) is 4.98 Å². The largest absolute Gasteiger partial charge is 0.367 e. The molecule has 8 rings (SSSR count). The molecule has 0 spiro atoms. The highest BCUT2D eigenvalue weighted by molar-refractivity contribution is 6.01. The van der Waals surface area contributed by atoms with Gasteiger partial charge in [0, 0.05) is 84.5 Å². The van der Waals surface area contributed by atoms with E-state index in [0.29, 0.717) is 47.8 Å². The highest BCUT2D eigenvalue weighted by Gasteiger charge is 2.36. The number of carbonyl (C=O) groups excluding carboxylic acids is 3. The number of amides is 3. The molecule has 1 atom stereocenters. The molecule has 3 aliphatic heterocycles. The van der Waals surface area contributed by atoms with E-state index < -0.39 is 29.4 Å². The summed E-state index contributed by atoms with van der Waals surface area (Å²) in [4.78, 5) is 74.9. The zero-order valence-electron chi connectivity index (χ0n) is 28.4. The van der Waals surface area contributed by atoms with Gasteiger partial charge >= 0.3 is 5.69 Å². The van der Waals surface area contributed by atoms with E-state index in [0.717, 1.165) is 42.9 Å². The van der Waals surface area contributed by atoms with Crippen molar-refractivity contribution >= 4 is 62.9 Å². The molecule has 3 fully saturated rings. The predicted molar refractivity (Wildman–Crippen MR) is 188 cm³/mol. The van der Waals surface area contributed by atoms with E-state index in [9.17, 15) is 19.2 Å².